The highest BCUT2D eigenvalue weighted by molar-refractivity contribution is 7.07. The maximum Gasteiger partial charge on any atom is 0.338 e. The van der Waals surface area contributed by atoms with Crippen molar-refractivity contribution in [3.63, 3.8) is 0 Å². The van der Waals surface area contributed by atoms with Gasteiger partial charge in [-0.05, 0) is 43.2 Å². The molecule has 0 saturated carbocycles. The maximum absolute atomic E-state index is 13.4. The van der Waals surface area contributed by atoms with Gasteiger partial charge in [0.15, 0.2) is 4.80 Å². The summed E-state index contributed by atoms with van der Waals surface area (Å²) in [5.74, 6) is -0.461. The Kier molecular flexibility index (Phi) is 5.70. The number of fused-ring (bicyclic) bond motifs is 1. The normalized spacial score (nSPS) is 16.2. The van der Waals surface area contributed by atoms with Gasteiger partial charge in [0, 0.05) is 5.02 Å². The summed E-state index contributed by atoms with van der Waals surface area (Å²) in [5, 5.41) is 0.596. The lowest BCUT2D eigenvalue weighted by Gasteiger charge is -2.24. The van der Waals surface area contributed by atoms with Crippen molar-refractivity contribution < 1.29 is 9.53 Å². The standard InChI is InChI=1S/C23H19ClN2O3S/c1-3-29-22(28)19-14(2)25-23-26(20(19)16-9-5-4-6-10-16)21(27)18(30-23)13-15-8-7-11-17(24)12-15/h4-13,20H,3H2,1-2H3/b18-13-/t20-/m0/s1. The Morgan fingerprint density at radius 2 is 2.00 bits per heavy atom. The van der Waals surface area contributed by atoms with E-state index in [1.165, 1.54) is 11.3 Å². The second-order valence-electron chi connectivity index (χ2n) is 6.77. The van der Waals surface area contributed by atoms with Gasteiger partial charge in [0.05, 0.1) is 28.5 Å². The SMILES string of the molecule is CCOC(=O)C1=C(C)N=c2s/c(=C\c3cccc(Cl)c3)c(=O)n2[C@H]1c1ccccc1. The molecule has 7 heteroatoms. The molecule has 1 aliphatic heterocycles. The number of rotatable bonds is 4. The van der Waals surface area contributed by atoms with Gasteiger partial charge < -0.3 is 4.74 Å². The summed E-state index contributed by atoms with van der Waals surface area (Å²) in [6.45, 7) is 3.78. The summed E-state index contributed by atoms with van der Waals surface area (Å²) in [6.07, 6.45) is 1.79. The largest absolute Gasteiger partial charge is 0.463 e. The van der Waals surface area contributed by atoms with Crippen LogP contribution in [0.1, 0.15) is 31.0 Å². The molecule has 2 aromatic carbocycles. The van der Waals surface area contributed by atoms with Crippen molar-refractivity contribution in [2.75, 3.05) is 6.61 Å². The number of ether oxygens (including phenoxy) is 1. The van der Waals surface area contributed by atoms with Gasteiger partial charge >= 0.3 is 5.97 Å². The molecule has 0 amide bonds. The van der Waals surface area contributed by atoms with Gasteiger partial charge in [-0.1, -0.05) is 65.4 Å². The fraction of sp³-hybridized carbons (Fsp3) is 0.174. The third-order valence-electron chi connectivity index (χ3n) is 4.78. The minimum Gasteiger partial charge on any atom is -0.463 e. The number of aromatic nitrogens is 1. The predicted molar refractivity (Wildman–Crippen MR) is 118 cm³/mol. The molecule has 0 fully saturated rings. The Labute approximate surface area is 182 Å². The zero-order chi connectivity index (χ0) is 21.3. The number of benzene rings is 2. The van der Waals surface area contributed by atoms with Crippen LogP contribution in [0.4, 0.5) is 0 Å². The van der Waals surface area contributed by atoms with Crippen LogP contribution in [-0.2, 0) is 9.53 Å². The first-order valence-corrected chi connectivity index (χ1v) is 10.7. The van der Waals surface area contributed by atoms with Crippen LogP contribution in [0.2, 0.25) is 5.02 Å². The van der Waals surface area contributed by atoms with E-state index >= 15 is 0 Å². The van der Waals surface area contributed by atoms with Crippen LogP contribution in [0.15, 0.2) is 75.7 Å². The fourth-order valence-corrected chi connectivity index (χ4v) is 4.74. The topological polar surface area (TPSA) is 60.7 Å². The zero-order valence-corrected chi connectivity index (χ0v) is 18.0. The Bertz CT molecular complexity index is 1320. The van der Waals surface area contributed by atoms with Crippen molar-refractivity contribution in [2.24, 2.45) is 4.99 Å². The molecular weight excluding hydrogens is 420 g/mol. The summed E-state index contributed by atoms with van der Waals surface area (Å²) >= 11 is 7.37. The van der Waals surface area contributed by atoms with E-state index < -0.39 is 12.0 Å². The monoisotopic (exact) mass is 438 g/mol. The third-order valence-corrected chi connectivity index (χ3v) is 6.00. The number of esters is 1. The number of carbonyl (C=O) groups excluding carboxylic acids is 1. The third kappa shape index (κ3) is 3.76. The second kappa shape index (κ2) is 8.42. The van der Waals surface area contributed by atoms with E-state index in [2.05, 4.69) is 4.99 Å². The minimum atomic E-state index is -0.594. The van der Waals surface area contributed by atoms with Crippen LogP contribution < -0.4 is 14.9 Å². The molecule has 1 aromatic heterocycles. The lowest BCUT2D eigenvalue weighted by molar-refractivity contribution is -0.139. The van der Waals surface area contributed by atoms with Crippen LogP contribution in [0.5, 0.6) is 0 Å². The Hall–Kier alpha value is -2.96. The lowest BCUT2D eigenvalue weighted by atomic mass is 9.96. The smallest absolute Gasteiger partial charge is 0.338 e. The van der Waals surface area contributed by atoms with E-state index in [1.807, 2.05) is 42.5 Å². The molecule has 152 valence electrons. The fourth-order valence-electron chi connectivity index (χ4n) is 3.49. The van der Waals surface area contributed by atoms with Crippen molar-refractivity contribution in [3.05, 3.63) is 102 Å². The molecule has 2 heterocycles. The van der Waals surface area contributed by atoms with E-state index in [4.69, 9.17) is 16.3 Å². The molecule has 3 aromatic rings. The summed E-state index contributed by atoms with van der Waals surface area (Å²) < 4.78 is 7.38. The van der Waals surface area contributed by atoms with Crippen molar-refractivity contribution >= 4 is 35.0 Å². The van der Waals surface area contributed by atoms with Gasteiger partial charge in [-0.25, -0.2) is 9.79 Å². The van der Waals surface area contributed by atoms with Crippen LogP contribution in [0.25, 0.3) is 6.08 Å². The minimum absolute atomic E-state index is 0.207. The highest BCUT2D eigenvalue weighted by Crippen LogP contribution is 2.30. The van der Waals surface area contributed by atoms with Gasteiger partial charge in [0.25, 0.3) is 5.56 Å². The highest BCUT2D eigenvalue weighted by Gasteiger charge is 2.33. The summed E-state index contributed by atoms with van der Waals surface area (Å²) in [7, 11) is 0. The van der Waals surface area contributed by atoms with Crippen LogP contribution in [-0.4, -0.2) is 17.1 Å². The predicted octanol–water partition coefficient (Wildman–Crippen LogP) is 3.45. The highest BCUT2D eigenvalue weighted by atomic mass is 35.5. The number of hydrogen-bond acceptors (Lipinski definition) is 5. The van der Waals surface area contributed by atoms with Crippen LogP contribution in [0.3, 0.4) is 0 Å². The molecule has 5 nitrogen and oxygen atoms in total. The zero-order valence-electron chi connectivity index (χ0n) is 16.5. The Morgan fingerprint density at radius 1 is 1.23 bits per heavy atom. The maximum atomic E-state index is 13.4. The van der Waals surface area contributed by atoms with Gasteiger partial charge in [-0.3, -0.25) is 9.36 Å². The van der Waals surface area contributed by atoms with Crippen molar-refractivity contribution in [1.29, 1.82) is 0 Å². The van der Waals surface area contributed by atoms with E-state index in [-0.39, 0.29) is 12.2 Å². The molecule has 0 unspecified atom stereocenters. The second-order valence-corrected chi connectivity index (χ2v) is 8.21. The summed E-state index contributed by atoms with van der Waals surface area (Å²) in [4.78, 5) is 31.3. The molecule has 1 atom stereocenters. The van der Waals surface area contributed by atoms with E-state index in [0.29, 0.717) is 25.6 Å². The number of halogens is 1. The number of thiazole rings is 1. The average molecular weight is 439 g/mol. The van der Waals surface area contributed by atoms with Crippen LogP contribution in [0, 0.1) is 0 Å². The first-order chi connectivity index (χ1) is 14.5. The Morgan fingerprint density at radius 3 is 2.70 bits per heavy atom. The number of hydrogen-bond donors (Lipinski definition) is 0. The van der Waals surface area contributed by atoms with E-state index in [1.54, 1.807) is 36.6 Å². The number of nitrogens with zero attached hydrogens (tertiary/aromatic N) is 2. The molecule has 0 radical (unpaired) electrons. The molecule has 0 spiro atoms. The molecular formula is C23H19ClN2O3S. The molecule has 0 saturated heterocycles. The summed E-state index contributed by atoms with van der Waals surface area (Å²) in [6, 6.07) is 16.2. The van der Waals surface area contributed by atoms with E-state index in [9.17, 15) is 9.59 Å². The molecule has 30 heavy (non-hydrogen) atoms. The Balaban J connectivity index is 1.96. The molecule has 4 rings (SSSR count). The quantitative estimate of drug-likeness (QED) is 0.586. The van der Waals surface area contributed by atoms with Crippen molar-refractivity contribution in [1.82, 2.24) is 4.57 Å². The first kappa shape index (κ1) is 20.3. The van der Waals surface area contributed by atoms with Gasteiger partial charge in [0.2, 0.25) is 0 Å². The lowest BCUT2D eigenvalue weighted by Crippen LogP contribution is -2.39. The van der Waals surface area contributed by atoms with Crippen LogP contribution >= 0.6 is 22.9 Å². The van der Waals surface area contributed by atoms with Gasteiger partial charge in [0.1, 0.15) is 0 Å². The van der Waals surface area contributed by atoms with Crippen molar-refractivity contribution in [3.8, 4) is 0 Å². The van der Waals surface area contributed by atoms with Gasteiger partial charge in [-0.2, -0.15) is 0 Å². The number of carbonyl (C=O) groups is 1. The van der Waals surface area contributed by atoms with Gasteiger partial charge in [-0.15, -0.1) is 0 Å². The first-order valence-electron chi connectivity index (χ1n) is 9.49. The molecule has 0 aliphatic carbocycles. The average Bonchev–Trinajstić information content (AvgIpc) is 3.02. The summed E-state index contributed by atoms with van der Waals surface area (Å²) in [5.41, 5.74) is 2.38. The van der Waals surface area contributed by atoms with E-state index in [0.717, 1.165) is 11.1 Å². The molecule has 0 N–H and O–H groups in total. The number of allylic oxidation sites excluding steroid dienone is 1. The van der Waals surface area contributed by atoms with Crippen molar-refractivity contribution in [2.45, 2.75) is 19.9 Å². The molecule has 1 aliphatic rings. The molecule has 0 bridgehead atoms.